The van der Waals surface area contributed by atoms with Crippen LogP contribution in [0.15, 0.2) is 30.3 Å². The van der Waals surface area contributed by atoms with E-state index >= 15 is 0 Å². The van der Waals surface area contributed by atoms with E-state index in [1.165, 1.54) is 43.3 Å². The maximum absolute atomic E-state index is 6.15. The fourth-order valence-corrected chi connectivity index (χ4v) is 4.40. The van der Waals surface area contributed by atoms with E-state index in [2.05, 4.69) is 44.2 Å². The van der Waals surface area contributed by atoms with Gasteiger partial charge in [-0.2, -0.15) is 0 Å². The minimum atomic E-state index is -0.539. The summed E-state index contributed by atoms with van der Waals surface area (Å²) in [6.45, 7) is 5.44. The number of unbranched alkanes of at least 4 members (excludes halogenated alkanes) is 2. The van der Waals surface area contributed by atoms with Gasteiger partial charge in [-0.1, -0.05) is 69.9 Å². The van der Waals surface area contributed by atoms with Crippen molar-refractivity contribution >= 4 is 9.04 Å². The summed E-state index contributed by atoms with van der Waals surface area (Å²) in [5.74, 6) is 0. The Hall–Kier alpha value is -0.603. The van der Waals surface area contributed by atoms with E-state index in [9.17, 15) is 0 Å². The lowest BCUT2D eigenvalue weighted by molar-refractivity contribution is 0.320. The third kappa shape index (κ3) is 6.97. The second-order valence-corrected chi connectivity index (χ2v) is 7.20. The fourth-order valence-electron chi connectivity index (χ4n) is 1.98. The zero-order chi connectivity index (χ0) is 13.1. The Morgan fingerprint density at radius 3 is 2.11 bits per heavy atom. The highest BCUT2D eigenvalue weighted by molar-refractivity contribution is 6.51. The van der Waals surface area contributed by atoms with Crippen LogP contribution < -0.4 is 0 Å². The number of hydrogen-bond acceptors (Lipinski definition) is 1. The van der Waals surface area contributed by atoms with Gasteiger partial charge in [-0.15, -0.1) is 0 Å². The normalized spacial score (nSPS) is 11.1. The summed E-state index contributed by atoms with van der Waals surface area (Å²) in [5, 5.41) is 0. The van der Waals surface area contributed by atoms with Crippen molar-refractivity contribution in [2.75, 3.05) is 6.61 Å². The molecule has 0 unspecified atom stereocenters. The summed E-state index contributed by atoms with van der Waals surface area (Å²) in [7, 11) is -0.539. The van der Waals surface area contributed by atoms with Crippen LogP contribution in [0.4, 0.5) is 0 Å². The maximum Gasteiger partial charge on any atom is 0.211 e. The quantitative estimate of drug-likeness (QED) is 0.549. The van der Waals surface area contributed by atoms with Gasteiger partial charge in [0.2, 0.25) is 9.04 Å². The first-order valence-corrected chi connectivity index (χ1v) is 9.20. The Labute approximate surface area is 114 Å². The highest BCUT2D eigenvalue weighted by Crippen LogP contribution is 2.11. The summed E-state index contributed by atoms with van der Waals surface area (Å²) in [5.41, 5.74) is 1.39. The van der Waals surface area contributed by atoms with Crippen molar-refractivity contribution in [1.29, 1.82) is 0 Å². The highest BCUT2D eigenvalue weighted by atomic mass is 28.3. The lowest BCUT2D eigenvalue weighted by Crippen LogP contribution is -2.19. The third-order valence-corrected chi connectivity index (χ3v) is 5.59. The summed E-state index contributed by atoms with van der Waals surface area (Å²) < 4.78 is 6.15. The molecule has 18 heavy (non-hydrogen) atoms. The van der Waals surface area contributed by atoms with Gasteiger partial charge in [-0.25, -0.2) is 0 Å². The topological polar surface area (TPSA) is 9.23 Å². The van der Waals surface area contributed by atoms with Gasteiger partial charge in [0.05, 0.1) is 0 Å². The van der Waals surface area contributed by atoms with E-state index in [1.54, 1.807) is 0 Å². The largest absolute Gasteiger partial charge is 0.416 e. The molecule has 0 aromatic heterocycles. The molecule has 0 fully saturated rings. The van der Waals surface area contributed by atoms with Gasteiger partial charge >= 0.3 is 0 Å². The Bertz CT molecular complexity index is 278. The van der Waals surface area contributed by atoms with Crippen LogP contribution in [0.25, 0.3) is 0 Å². The summed E-state index contributed by atoms with van der Waals surface area (Å²) in [4.78, 5) is 0. The first-order valence-electron chi connectivity index (χ1n) is 7.38. The molecule has 0 bridgehead atoms. The Balaban J connectivity index is 2.23. The van der Waals surface area contributed by atoms with Crippen molar-refractivity contribution < 1.29 is 4.43 Å². The molecule has 0 amide bonds. The van der Waals surface area contributed by atoms with Crippen molar-refractivity contribution in [1.82, 2.24) is 0 Å². The third-order valence-electron chi connectivity index (χ3n) is 3.16. The van der Waals surface area contributed by atoms with Crippen LogP contribution in [-0.2, 0) is 10.8 Å². The molecule has 1 rings (SSSR count). The van der Waals surface area contributed by atoms with Gasteiger partial charge in [0.1, 0.15) is 0 Å². The number of rotatable bonds is 10. The van der Waals surface area contributed by atoms with Crippen LogP contribution in [0.2, 0.25) is 12.1 Å². The monoisotopic (exact) mass is 263 g/mol. The van der Waals surface area contributed by atoms with E-state index < -0.39 is 9.04 Å². The minimum Gasteiger partial charge on any atom is -0.416 e. The summed E-state index contributed by atoms with van der Waals surface area (Å²) in [6.07, 6.45) is 6.32. The molecular formula is C16H27OSi. The Morgan fingerprint density at radius 1 is 0.944 bits per heavy atom. The molecule has 1 radical (unpaired) electrons. The average Bonchev–Trinajstić information content (AvgIpc) is 2.42. The summed E-state index contributed by atoms with van der Waals surface area (Å²) in [6, 6.07) is 13.3. The molecule has 0 aliphatic heterocycles. The molecule has 1 aromatic rings. The first-order chi connectivity index (χ1) is 8.86. The zero-order valence-electron chi connectivity index (χ0n) is 12.0. The SMILES string of the molecule is CCCC[Si](CCCC)OCCc1ccccc1. The smallest absolute Gasteiger partial charge is 0.211 e. The first kappa shape index (κ1) is 15.5. The standard InChI is InChI=1S/C16H27OSi/c1-3-5-14-18(15-6-4-2)17-13-12-16-10-8-7-9-11-16/h7-11H,3-6,12-15H2,1-2H3. The van der Waals surface area contributed by atoms with Crippen LogP contribution >= 0.6 is 0 Å². The van der Waals surface area contributed by atoms with Crippen molar-refractivity contribution in [3.63, 3.8) is 0 Å². The lowest BCUT2D eigenvalue weighted by atomic mass is 10.2. The zero-order valence-corrected chi connectivity index (χ0v) is 13.0. The van der Waals surface area contributed by atoms with Crippen LogP contribution in [-0.4, -0.2) is 15.6 Å². The van der Waals surface area contributed by atoms with Gasteiger partial charge in [-0.05, 0) is 24.1 Å². The molecule has 0 heterocycles. The number of benzene rings is 1. The van der Waals surface area contributed by atoms with Crippen molar-refractivity contribution in [2.45, 2.75) is 58.0 Å². The average molecular weight is 263 g/mol. The molecule has 0 saturated carbocycles. The molecule has 0 N–H and O–H groups in total. The van der Waals surface area contributed by atoms with Crippen LogP contribution in [0.5, 0.6) is 0 Å². The second-order valence-electron chi connectivity index (χ2n) is 4.83. The van der Waals surface area contributed by atoms with Gasteiger partial charge in [0.15, 0.2) is 0 Å². The van der Waals surface area contributed by atoms with Crippen molar-refractivity contribution in [3.05, 3.63) is 35.9 Å². The van der Waals surface area contributed by atoms with E-state index in [4.69, 9.17) is 4.43 Å². The second kappa shape index (κ2) is 10.3. The van der Waals surface area contributed by atoms with Crippen molar-refractivity contribution in [2.24, 2.45) is 0 Å². The summed E-state index contributed by atoms with van der Waals surface area (Å²) >= 11 is 0. The molecule has 0 atom stereocenters. The van der Waals surface area contributed by atoms with Gasteiger partial charge in [0, 0.05) is 6.61 Å². The van der Waals surface area contributed by atoms with Gasteiger partial charge in [0.25, 0.3) is 0 Å². The van der Waals surface area contributed by atoms with E-state index in [0.29, 0.717) is 0 Å². The molecule has 1 aromatic carbocycles. The molecule has 0 aliphatic rings. The minimum absolute atomic E-state index is 0.539. The predicted molar refractivity (Wildman–Crippen MR) is 81.3 cm³/mol. The maximum atomic E-state index is 6.15. The molecule has 0 aliphatic carbocycles. The van der Waals surface area contributed by atoms with Gasteiger partial charge in [-0.3, -0.25) is 0 Å². The molecule has 2 heteroatoms. The van der Waals surface area contributed by atoms with Crippen molar-refractivity contribution in [3.8, 4) is 0 Å². The fraction of sp³-hybridized carbons (Fsp3) is 0.625. The van der Waals surface area contributed by atoms with E-state index in [0.717, 1.165) is 13.0 Å². The predicted octanol–water partition coefficient (Wildman–Crippen LogP) is 4.84. The molecule has 0 spiro atoms. The van der Waals surface area contributed by atoms with Crippen LogP contribution in [0.3, 0.4) is 0 Å². The molecular weight excluding hydrogens is 236 g/mol. The Kier molecular flexibility index (Phi) is 8.87. The molecule has 0 saturated heterocycles. The lowest BCUT2D eigenvalue weighted by Gasteiger charge is -2.15. The molecule has 1 nitrogen and oxygen atoms in total. The van der Waals surface area contributed by atoms with Gasteiger partial charge < -0.3 is 4.43 Å². The highest BCUT2D eigenvalue weighted by Gasteiger charge is 2.11. The Morgan fingerprint density at radius 2 is 1.56 bits per heavy atom. The van der Waals surface area contributed by atoms with E-state index in [1.807, 2.05) is 0 Å². The van der Waals surface area contributed by atoms with Crippen LogP contribution in [0, 0.1) is 0 Å². The number of hydrogen-bond donors (Lipinski definition) is 0. The van der Waals surface area contributed by atoms with E-state index in [-0.39, 0.29) is 0 Å². The van der Waals surface area contributed by atoms with Crippen LogP contribution in [0.1, 0.15) is 45.1 Å². The molecule has 101 valence electrons.